The zero-order chi connectivity index (χ0) is 25.2. The number of hydrogen-bond acceptors (Lipinski definition) is 6. The monoisotopic (exact) mass is 478 g/mol. The molecule has 0 aliphatic carbocycles. The third-order valence-corrected chi connectivity index (χ3v) is 4.65. The number of hydrogen-bond donors (Lipinski definition) is 3. The highest BCUT2D eigenvalue weighted by Crippen LogP contribution is 2.27. The molecule has 0 atom stereocenters. The molecule has 0 aliphatic heterocycles. The first-order valence-corrected chi connectivity index (χ1v) is 10.4. The standard InChI is InChI=1S/C25H23FN4O5/c1-16-5-3-4-6-20(16)29-23(31)15-35-21-12-7-17(13-22(21)34-2)14-27-30-25(33)24(32)28-19-10-8-18(26)9-11-19/h3-14H,15H2,1-2H3,(H,28,32)(H,29,31)(H,30,33)/b27-14-. The van der Waals surface area contributed by atoms with Crippen LogP contribution in [0.25, 0.3) is 0 Å². The molecule has 0 spiro atoms. The third kappa shape index (κ3) is 7.39. The number of carbonyl (C=O) groups is 3. The second-order valence-corrected chi connectivity index (χ2v) is 7.22. The van der Waals surface area contributed by atoms with Crippen molar-refractivity contribution >= 4 is 35.3 Å². The minimum Gasteiger partial charge on any atom is -0.493 e. The van der Waals surface area contributed by atoms with Crippen molar-refractivity contribution in [2.45, 2.75) is 6.92 Å². The van der Waals surface area contributed by atoms with Crippen LogP contribution in [0.15, 0.2) is 71.8 Å². The third-order valence-electron chi connectivity index (χ3n) is 4.65. The summed E-state index contributed by atoms with van der Waals surface area (Å²) in [5.41, 5.74) is 4.54. The lowest BCUT2D eigenvalue weighted by Gasteiger charge is -2.12. The molecule has 0 fully saturated rings. The number of nitrogens with zero attached hydrogens (tertiary/aromatic N) is 1. The van der Waals surface area contributed by atoms with Crippen LogP contribution in [0.4, 0.5) is 15.8 Å². The van der Waals surface area contributed by atoms with Crippen LogP contribution in [0.3, 0.4) is 0 Å². The van der Waals surface area contributed by atoms with Crippen LogP contribution in [0.1, 0.15) is 11.1 Å². The Morgan fingerprint density at radius 3 is 2.40 bits per heavy atom. The molecule has 0 radical (unpaired) electrons. The van der Waals surface area contributed by atoms with E-state index in [1.165, 1.54) is 25.5 Å². The topological polar surface area (TPSA) is 118 Å². The van der Waals surface area contributed by atoms with E-state index in [9.17, 15) is 18.8 Å². The number of nitrogens with one attached hydrogen (secondary N) is 3. The van der Waals surface area contributed by atoms with E-state index >= 15 is 0 Å². The van der Waals surface area contributed by atoms with E-state index in [2.05, 4.69) is 21.2 Å². The normalized spacial score (nSPS) is 10.5. The Morgan fingerprint density at radius 2 is 1.69 bits per heavy atom. The summed E-state index contributed by atoms with van der Waals surface area (Å²) in [6.45, 7) is 1.66. The predicted molar refractivity (Wildman–Crippen MR) is 129 cm³/mol. The molecule has 0 aliphatic rings. The SMILES string of the molecule is COc1cc(/C=N\NC(=O)C(=O)Nc2ccc(F)cc2)ccc1OCC(=O)Nc1ccccc1C. The van der Waals surface area contributed by atoms with Gasteiger partial charge in [0.05, 0.1) is 13.3 Å². The van der Waals surface area contributed by atoms with E-state index in [0.717, 1.165) is 17.7 Å². The van der Waals surface area contributed by atoms with Crippen LogP contribution >= 0.6 is 0 Å². The predicted octanol–water partition coefficient (Wildman–Crippen LogP) is 3.25. The molecule has 9 nitrogen and oxygen atoms in total. The molecule has 0 unspecified atom stereocenters. The van der Waals surface area contributed by atoms with Gasteiger partial charge in [0.1, 0.15) is 5.82 Å². The van der Waals surface area contributed by atoms with Gasteiger partial charge in [0.2, 0.25) is 0 Å². The van der Waals surface area contributed by atoms with E-state index in [0.29, 0.717) is 22.7 Å². The minimum absolute atomic E-state index is 0.225. The summed E-state index contributed by atoms with van der Waals surface area (Å²) in [5, 5.41) is 8.85. The van der Waals surface area contributed by atoms with Crippen molar-refractivity contribution in [2.24, 2.45) is 5.10 Å². The van der Waals surface area contributed by atoms with Crippen LogP contribution in [-0.2, 0) is 14.4 Å². The lowest BCUT2D eigenvalue weighted by molar-refractivity contribution is -0.136. The van der Waals surface area contributed by atoms with E-state index in [1.807, 2.05) is 25.1 Å². The van der Waals surface area contributed by atoms with E-state index in [-0.39, 0.29) is 18.2 Å². The highest BCUT2D eigenvalue weighted by Gasteiger charge is 2.13. The molecular formula is C25H23FN4O5. The van der Waals surface area contributed by atoms with Crippen molar-refractivity contribution in [1.82, 2.24) is 5.43 Å². The maximum atomic E-state index is 12.9. The summed E-state index contributed by atoms with van der Waals surface area (Å²) in [4.78, 5) is 36.0. The number of ether oxygens (including phenoxy) is 2. The minimum atomic E-state index is -1.00. The number of anilines is 2. The van der Waals surface area contributed by atoms with Crippen molar-refractivity contribution in [1.29, 1.82) is 0 Å². The molecule has 0 saturated heterocycles. The first-order chi connectivity index (χ1) is 16.9. The van der Waals surface area contributed by atoms with E-state index in [4.69, 9.17) is 9.47 Å². The van der Waals surface area contributed by atoms with Gasteiger partial charge in [0.15, 0.2) is 18.1 Å². The van der Waals surface area contributed by atoms with Crippen LogP contribution < -0.4 is 25.5 Å². The number of carbonyl (C=O) groups excluding carboxylic acids is 3. The maximum Gasteiger partial charge on any atom is 0.329 e. The van der Waals surface area contributed by atoms with Crippen molar-refractivity contribution in [3.8, 4) is 11.5 Å². The van der Waals surface area contributed by atoms with Crippen LogP contribution in [0.5, 0.6) is 11.5 Å². The molecule has 3 aromatic rings. The van der Waals surface area contributed by atoms with Gasteiger partial charge in [-0.25, -0.2) is 9.82 Å². The van der Waals surface area contributed by atoms with Gasteiger partial charge < -0.3 is 20.1 Å². The summed E-state index contributed by atoms with van der Waals surface area (Å²) in [7, 11) is 1.44. The second kappa shape index (κ2) is 11.9. The number of para-hydroxylation sites is 1. The van der Waals surface area contributed by atoms with Gasteiger partial charge in [-0.1, -0.05) is 18.2 Å². The number of benzene rings is 3. The Kier molecular flexibility index (Phi) is 8.49. The average molecular weight is 478 g/mol. The van der Waals surface area contributed by atoms with Crippen LogP contribution in [-0.4, -0.2) is 37.7 Å². The quantitative estimate of drug-likeness (QED) is 0.261. The Bertz CT molecular complexity index is 1240. The van der Waals surface area contributed by atoms with Crippen molar-refractivity contribution in [3.05, 3.63) is 83.7 Å². The molecule has 10 heteroatoms. The van der Waals surface area contributed by atoms with Crippen LogP contribution in [0, 0.1) is 12.7 Å². The van der Waals surface area contributed by atoms with E-state index in [1.54, 1.807) is 24.3 Å². The maximum absolute atomic E-state index is 12.9. The Hall–Kier alpha value is -4.73. The molecule has 3 amide bonds. The highest BCUT2D eigenvalue weighted by molar-refractivity contribution is 6.39. The van der Waals surface area contributed by atoms with Gasteiger partial charge >= 0.3 is 11.8 Å². The first-order valence-electron chi connectivity index (χ1n) is 10.4. The fourth-order valence-electron chi connectivity index (χ4n) is 2.86. The molecule has 0 saturated carbocycles. The molecule has 3 aromatic carbocycles. The van der Waals surface area contributed by atoms with E-state index < -0.39 is 17.6 Å². The molecule has 0 aromatic heterocycles. The molecule has 35 heavy (non-hydrogen) atoms. The highest BCUT2D eigenvalue weighted by atomic mass is 19.1. The van der Waals surface area contributed by atoms with Gasteiger partial charge in [-0.3, -0.25) is 14.4 Å². The fraction of sp³-hybridized carbons (Fsp3) is 0.120. The summed E-state index contributed by atoms with van der Waals surface area (Å²) >= 11 is 0. The number of methoxy groups -OCH3 is 1. The lowest BCUT2D eigenvalue weighted by Crippen LogP contribution is -2.32. The summed E-state index contributed by atoms with van der Waals surface area (Å²) in [6.07, 6.45) is 1.31. The molecule has 3 rings (SSSR count). The smallest absolute Gasteiger partial charge is 0.329 e. The van der Waals surface area contributed by atoms with Crippen molar-refractivity contribution in [2.75, 3.05) is 24.4 Å². The van der Waals surface area contributed by atoms with Crippen LogP contribution in [0.2, 0.25) is 0 Å². The van der Waals surface area contributed by atoms with Crippen molar-refractivity contribution < 1.29 is 28.2 Å². The number of hydrazone groups is 1. The van der Waals surface area contributed by atoms with Gasteiger partial charge in [0.25, 0.3) is 5.91 Å². The summed E-state index contributed by atoms with van der Waals surface area (Å²) in [5.74, 6) is -2.07. The average Bonchev–Trinajstić information content (AvgIpc) is 2.85. The Balaban J connectivity index is 1.52. The number of amides is 3. The van der Waals surface area contributed by atoms with Crippen molar-refractivity contribution in [3.63, 3.8) is 0 Å². The molecule has 0 heterocycles. The number of halogens is 1. The zero-order valence-corrected chi connectivity index (χ0v) is 19.0. The summed E-state index contributed by atoms with van der Waals surface area (Å²) in [6, 6.07) is 17.2. The van der Waals surface area contributed by atoms with Gasteiger partial charge in [-0.15, -0.1) is 0 Å². The fourth-order valence-corrected chi connectivity index (χ4v) is 2.86. The number of rotatable bonds is 8. The molecular weight excluding hydrogens is 455 g/mol. The molecule has 0 bridgehead atoms. The Labute approximate surface area is 200 Å². The Morgan fingerprint density at radius 1 is 0.943 bits per heavy atom. The van der Waals surface area contributed by atoms with Gasteiger partial charge in [-0.2, -0.15) is 5.10 Å². The molecule has 3 N–H and O–H groups in total. The zero-order valence-electron chi connectivity index (χ0n) is 19.0. The largest absolute Gasteiger partial charge is 0.493 e. The lowest BCUT2D eigenvalue weighted by atomic mass is 10.2. The number of aryl methyl sites for hydroxylation is 1. The first kappa shape index (κ1) is 24.9. The molecule has 180 valence electrons. The van der Waals surface area contributed by atoms with Gasteiger partial charge in [0, 0.05) is 11.4 Å². The second-order valence-electron chi connectivity index (χ2n) is 7.22. The summed E-state index contributed by atoms with van der Waals surface area (Å²) < 4.78 is 23.8. The van der Waals surface area contributed by atoms with Gasteiger partial charge in [-0.05, 0) is 66.6 Å².